The van der Waals surface area contributed by atoms with Crippen LogP contribution in [0, 0.1) is 29.6 Å². The van der Waals surface area contributed by atoms with E-state index in [4.69, 9.17) is 14.2 Å². The molecule has 33 heavy (non-hydrogen) atoms. The van der Waals surface area contributed by atoms with Crippen molar-refractivity contribution in [2.24, 2.45) is 29.6 Å². The smallest absolute Gasteiger partial charge is 0.316 e. The predicted molar refractivity (Wildman–Crippen MR) is 120 cm³/mol. The van der Waals surface area contributed by atoms with Gasteiger partial charge in [0.25, 0.3) is 0 Å². The highest BCUT2D eigenvalue weighted by atomic mass is 16.6. The Morgan fingerprint density at radius 2 is 1.61 bits per heavy atom. The zero-order valence-electron chi connectivity index (χ0n) is 21.4. The maximum Gasteiger partial charge on any atom is 0.316 e. The Balaban J connectivity index is 2.65. The van der Waals surface area contributed by atoms with E-state index in [9.17, 15) is 24.3 Å². The van der Waals surface area contributed by atoms with Crippen LogP contribution in [0.4, 0.5) is 0 Å². The van der Waals surface area contributed by atoms with Crippen molar-refractivity contribution in [3.05, 3.63) is 0 Å². The van der Waals surface area contributed by atoms with Crippen molar-refractivity contribution in [3.63, 3.8) is 0 Å². The number of carbonyl (C=O) groups excluding carboxylic acids is 4. The summed E-state index contributed by atoms with van der Waals surface area (Å²) in [6, 6.07) is 0. The first kappa shape index (κ1) is 27.4. The van der Waals surface area contributed by atoms with Crippen molar-refractivity contribution in [2.75, 3.05) is 7.11 Å². The molecule has 2 heterocycles. The van der Waals surface area contributed by atoms with Crippen molar-refractivity contribution in [1.29, 1.82) is 0 Å². The number of ether oxygens (including phenoxy) is 3. The fraction of sp³-hybridized carbons (Fsp3) is 0.840. The van der Waals surface area contributed by atoms with E-state index in [0.717, 1.165) is 0 Å². The molecule has 0 unspecified atom stereocenters. The summed E-state index contributed by atoms with van der Waals surface area (Å²) in [4.78, 5) is 52.1. The number of carbonyl (C=O) groups is 4. The fourth-order valence-corrected chi connectivity index (χ4v) is 5.62. The number of methoxy groups -OCH3 is 1. The molecule has 0 bridgehead atoms. The second kappa shape index (κ2) is 9.45. The molecule has 8 nitrogen and oxygen atoms in total. The average Bonchev–Trinajstić information content (AvgIpc) is 3.02. The number of Topliss-reactive ketones (excluding diaryl/α,β-unsaturated/α-hetero) is 2. The molecule has 0 amide bonds. The highest BCUT2D eigenvalue weighted by molar-refractivity contribution is 6.00. The van der Waals surface area contributed by atoms with Crippen molar-refractivity contribution in [3.8, 4) is 0 Å². The normalized spacial score (nSPS) is 45.8. The summed E-state index contributed by atoms with van der Waals surface area (Å²) in [6.07, 6.45) is -0.880. The van der Waals surface area contributed by atoms with Crippen LogP contribution in [0.3, 0.4) is 0 Å². The lowest BCUT2D eigenvalue weighted by Crippen LogP contribution is -2.62. The number of esters is 2. The van der Waals surface area contributed by atoms with Crippen LogP contribution in [0.2, 0.25) is 0 Å². The number of hydrogen-bond acceptors (Lipinski definition) is 8. The van der Waals surface area contributed by atoms with Gasteiger partial charge in [0.15, 0.2) is 5.60 Å². The van der Waals surface area contributed by atoms with Gasteiger partial charge in [0.2, 0.25) is 0 Å². The maximum absolute atomic E-state index is 13.5. The van der Waals surface area contributed by atoms with Gasteiger partial charge in [-0.3, -0.25) is 19.2 Å². The first-order chi connectivity index (χ1) is 15.1. The summed E-state index contributed by atoms with van der Waals surface area (Å²) in [5, 5.41) is 11.7. The van der Waals surface area contributed by atoms with E-state index < -0.39 is 58.5 Å². The second-order valence-corrected chi connectivity index (χ2v) is 10.5. The van der Waals surface area contributed by atoms with Crippen molar-refractivity contribution < 1.29 is 38.5 Å². The SMILES string of the molecule is CC[C@H]1OC(=O)[C@H](C)C(=O)[C@H](C)[C@@H](C)[C@](C)(OC)C[C@@H](C)C(=O)[C@H](C)[C@@]2(O)CC(=O)O[C@]12C. The van der Waals surface area contributed by atoms with Crippen LogP contribution in [0.5, 0.6) is 0 Å². The first-order valence-electron chi connectivity index (χ1n) is 11.9. The third-order valence-electron chi connectivity index (χ3n) is 8.59. The van der Waals surface area contributed by atoms with Gasteiger partial charge in [0, 0.05) is 24.9 Å². The monoisotopic (exact) mass is 468 g/mol. The average molecular weight is 469 g/mol. The standard InChI is InChI=1S/C25H40O8/c1-10-18-24(8)25(30,12-19(26)33-24)17(6)20(27)13(2)11-23(7,31-9)16(5)14(3)21(28)15(4)22(29)32-18/h13-18,30H,10-12H2,1-9H3/t13-,14-,15-,16-,17+,18-,23-,24-,25+/m1/s1. The molecule has 0 aromatic rings. The molecule has 2 rings (SSSR count). The van der Waals surface area contributed by atoms with Gasteiger partial charge < -0.3 is 19.3 Å². The second-order valence-electron chi connectivity index (χ2n) is 10.5. The van der Waals surface area contributed by atoms with Crippen LogP contribution < -0.4 is 0 Å². The molecule has 2 aliphatic heterocycles. The minimum atomic E-state index is -1.88. The van der Waals surface area contributed by atoms with E-state index in [1.807, 2.05) is 13.8 Å². The van der Waals surface area contributed by atoms with E-state index in [1.165, 1.54) is 21.0 Å². The van der Waals surface area contributed by atoms with Gasteiger partial charge in [-0.05, 0) is 39.5 Å². The Bertz CT molecular complexity index is 808. The van der Waals surface area contributed by atoms with E-state index >= 15 is 0 Å². The van der Waals surface area contributed by atoms with Crippen molar-refractivity contribution >= 4 is 23.5 Å². The van der Waals surface area contributed by atoms with Crippen molar-refractivity contribution in [2.45, 2.75) is 97.6 Å². The minimum absolute atomic E-state index is 0.225. The molecule has 0 spiro atoms. The van der Waals surface area contributed by atoms with E-state index in [0.29, 0.717) is 6.42 Å². The lowest BCUT2D eigenvalue weighted by molar-refractivity contribution is -0.210. The molecule has 188 valence electrons. The molecule has 0 aliphatic carbocycles. The molecule has 0 radical (unpaired) electrons. The third-order valence-corrected chi connectivity index (χ3v) is 8.59. The van der Waals surface area contributed by atoms with Gasteiger partial charge in [0.05, 0.1) is 12.0 Å². The lowest BCUT2D eigenvalue weighted by Gasteiger charge is -2.46. The summed E-state index contributed by atoms with van der Waals surface area (Å²) < 4.78 is 17.1. The third kappa shape index (κ3) is 4.48. The van der Waals surface area contributed by atoms with Gasteiger partial charge in [-0.2, -0.15) is 0 Å². The van der Waals surface area contributed by atoms with Gasteiger partial charge in [-0.15, -0.1) is 0 Å². The number of aliphatic hydroxyl groups is 1. The molecule has 9 atom stereocenters. The molecular formula is C25H40O8. The Morgan fingerprint density at radius 1 is 1.03 bits per heavy atom. The van der Waals surface area contributed by atoms with Gasteiger partial charge in [0.1, 0.15) is 29.2 Å². The highest BCUT2D eigenvalue weighted by Crippen LogP contribution is 2.48. The molecule has 0 saturated carbocycles. The van der Waals surface area contributed by atoms with Crippen LogP contribution >= 0.6 is 0 Å². The molecule has 0 aromatic carbocycles. The first-order valence-corrected chi connectivity index (χ1v) is 11.9. The van der Waals surface area contributed by atoms with E-state index in [2.05, 4.69) is 0 Å². The topological polar surface area (TPSA) is 116 Å². The number of hydrogen-bond donors (Lipinski definition) is 1. The summed E-state index contributed by atoms with van der Waals surface area (Å²) in [5.74, 6) is -5.33. The number of rotatable bonds is 2. The molecule has 2 saturated heterocycles. The van der Waals surface area contributed by atoms with Crippen LogP contribution in [0.15, 0.2) is 0 Å². The van der Waals surface area contributed by atoms with Gasteiger partial charge >= 0.3 is 11.9 Å². The summed E-state index contributed by atoms with van der Waals surface area (Å²) in [7, 11) is 1.54. The quantitative estimate of drug-likeness (QED) is 0.486. The molecule has 2 fully saturated rings. The van der Waals surface area contributed by atoms with Crippen LogP contribution in [0.25, 0.3) is 0 Å². The molecular weight excluding hydrogens is 428 g/mol. The van der Waals surface area contributed by atoms with Crippen molar-refractivity contribution in [1.82, 2.24) is 0 Å². The Labute approximate surface area is 196 Å². The number of cyclic esters (lactones) is 1. The molecule has 0 aromatic heterocycles. The zero-order chi connectivity index (χ0) is 25.5. The number of ketones is 2. The summed E-state index contributed by atoms with van der Waals surface area (Å²) in [5.41, 5.74) is -4.35. The zero-order valence-corrected chi connectivity index (χ0v) is 21.4. The van der Waals surface area contributed by atoms with Gasteiger partial charge in [-0.25, -0.2) is 0 Å². The highest BCUT2D eigenvalue weighted by Gasteiger charge is 2.66. The number of fused-ring (bicyclic) bond motifs is 1. The van der Waals surface area contributed by atoms with E-state index in [1.54, 1.807) is 27.7 Å². The largest absolute Gasteiger partial charge is 0.457 e. The Kier molecular flexibility index (Phi) is 7.86. The molecule has 2 aliphatic rings. The van der Waals surface area contributed by atoms with Crippen LogP contribution in [-0.2, 0) is 33.4 Å². The van der Waals surface area contributed by atoms with Crippen LogP contribution in [0.1, 0.15) is 74.7 Å². The maximum atomic E-state index is 13.5. The summed E-state index contributed by atoms with van der Waals surface area (Å²) >= 11 is 0. The molecule has 1 N–H and O–H groups in total. The van der Waals surface area contributed by atoms with E-state index in [-0.39, 0.29) is 30.3 Å². The Morgan fingerprint density at radius 3 is 2.12 bits per heavy atom. The minimum Gasteiger partial charge on any atom is -0.457 e. The fourth-order valence-electron chi connectivity index (χ4n) is 5.62. The predicted octanol–water partition coefficient (Wildman–Crippen LogP) is 2.87. The van der Waals surface area contributed by atoms with Crippen LogP contribution in [-0.4, -0.2) is 58.6 Å². The lowest BCUT2D eigenvalue weighted by atomic mass is 9.66. The molecule has 8 heteroatoms. The Hall–Kier alpha value is -1.80. The summed E-state index contributed by atoms with van der Waals surface area (Å²) in [6.45, 7) is 13.6. The van der Waals surface area contributed by atoms with Gasteiger partial charge in [-0.1, -0.05) is 34.6 Å².